The van der Waals surface area contributed by atoms with Crippen molar-refractivity contribution in [2.45, 2.75) is 3.79 Å². The van der Waals surface area contributed by atoms with Gasteiger partial charge < -0.3 is 0 Å². The lowest BCUT2D eigenvalue weighted by Gasteiger charge is -2.16. The predicted molar refractivity (Wildman–Crippen MR) is 63.9 cm³/mol. The minimum absolute atomic E-state index is 0.538. The predicted octanol–water partition coefficient (Wildman–Crippen LogP) is 4.93. The van der Waals surface area contributed by atoms with Gasteiger partial charge >= 0.3 is 0 Å². The molecule has 0 atom stereocenters. The minimum Gasteiger partial charge on any atom is -0.0784 e. The number of alkyl halides is 3. The molecule has 0 spiro atoms. The van der Waals surface area contributed by atoms with E-state index in [4.69, 9.17) is 57.3 Å². The molecule has 1 rings (SSSR count). The molecule has 0 saturated carbocycles. The Morgan fingerprint density at radius 3 is 1.92 bits per heavy atom. The Bertz CT molecular complexity index is 293. The second kappa shape index (κ2) is 4.75. The summed E-state index contributed by atoms with van der Waals surface area (Å²) in [7, 11) is 0. The third kappa shape index (κ3) is 3.30. The van der Waals surface area contributed by atoms with Gasteiger partial charge in [0.05, 0.1) is 0 Å². The maximum atomic E-state index is 5.77. The van der Waals surface area contributed by atoms with Crippen molar-refractivity contribution in [3.63, 3.8) is 0 Å². The first-order chi connectivity index (χ1) is 5.93. The van der Waals surface area contributed by atoms with E-state index < -0.39 is 10.4 Å². The van der Waals surface area contributed by atoms with Gasteiger partial charge in [0.25, 0.3) is 0 Å². The maximum Gasteiger partial charge on any atom is 0.216 e. The quantitative estimate of drug-likeness (QED) is 0.509. The SMILES string of the molecule is ClP(Cl)c1ccccc1C(Cl)(Cl)Cl. The molecule has 1 aromatic carbocycles. The van der Waals surface area contributed by atoms with Crippen molar-refractivity contribution in [1.29, 1.82) is 0 Å². The van der Waals surface area contributed by atoms with E-state index in [0.717, 1.165) is 0 Å². The highest BCUT2D eigenvalue weighted by Gasteiger charge is 2.27. The zero-order valence-electron chi connectivity index (χ0n) is 6.15. The van der Waals surface area contributed by atoms with Gasteiger partial charge in [-0.25, -0.2) is 0 Å². The van der Waals surface area contributed by atoms with Crippen molar-refractivity contribution in [3.8, 4) is 0 Å². The van der Waals surface area contributed by atoms with Crippen LogP contribution in [0, 0.1) is 0 Å². The molecule has 13 heavy (non-hydrogen) atoms. The van der Waals surface area contributed by atoms with Crippen LogP contribution in [0.3, 0.4) is 0 Å². The molecule has 0 aliphatic heterocycles. The standard InChI is InChI=1S/C7H4Cl5P/c8-7(9,10)5-3-1-2-4-6(5)13(11)12/h1-4H. The van der Waals surface area contributed by atoms with Crippen LogP contribution in [0.5, 0.6) is 0 Å². The van der Waals surface area contributed by atoms with Crippen molar-refractivity contribution in [2.24, 2.45) is 0 Å². The summed E-state index contributed by atoms with van der Waals surface area (Å²) in [5.74, 6) is 0. The molecule has 0 nitrogen and oxygen atoms in total. The molecule has 0 heterocycles. The van der Waals surface area contributed by atoms with Gasteiger partial charge in [0, 0.05) is 10.9 Å². The zero-order valence-corrected chi connectivity index (χ0v) is 10.8. The molecule has 0 radical (unpaired) electrons. The van der Waals surface area contributed by atoms with Gasteiger partial charge in [-0.3, -0.25) is 0 Å². The third-order valence-corrected chi connectivity index (χ3v) is 3.85. The van der Waals surface area contributed by atoms with Crippen LogP contribution < -0.4 is 5.30 Å². The lowest BCUT2D eigenvalue weighted by molar-refractivity contribution is 1.27. The fraction of sp³-hybridized carbons (Fsp3) is 0.143. The molecule has 0 saturated heterocycles. The topological polar surface area (TPSA) is 0 Å². The van der Waals surface area contributed by atoms with E-state index in [1.54, 1.807) is 24.3 Å². The van der Waals surface area contributed by atoms with Crippen LogP contribution in [0.1, 0.15) is 5.56 Å². The Morgan fingerprint density at radius 2 is 1.54 bits per heavy atom. The molecule has 0 aliphatic carbocycles. The van der Waals surface area contributed by atoms with Gasteiger partial charge in [0.15, 0.2) is 0 Å². The van der Waals surface area contributed by atoms with E-state index in [1.165, 1.54) is 0 Å². The summed E-state index contributed by atoms with van der Waals surface area (Å²) in [6.45, 7) is -1.29. The van der Waals surface area contributed by atoms with Gasteiger partial charge in [0.2, 0.25) is 3.79 Å². The van der Waals surface area contributed by atoms with Gasteiger partial charge in [-0.05, 0) is 0 Å². The second-order valence-electron chi connectivity index (χ2n) is 2.25. The van der Waals surface area contributed by atoms with Crippen LogP contribution in [0.4, 0.5) is 0 Å². The van der Waals surface area contributed by atoms with Crippen LogP contribution >= 0.6 is 63.9 Å². The Kier molecular flexibility index (Phi) is 4.44. The van der Waals surface area contributed by atoms with Crippen molar-refractivity contribution in [2.75, 3.05) is 0 Å². The van der Waals surface area contributed by atoms with E-state index in [2.05, 4.69) is 0 Å². The van der Waals surface area contributed by atoms with E-state index in [0.29, 0.717) is 10.9 Å². The molecule has 0 aromatic heterocycles. The zero-order chi connectivity index (χ0) is 10.1. The van der Waals surface area contributed by atoms with Crippen LogP contribution in [0.25, 0.3) is 0 Å². The van der Waals surface area contributed by atoms with Crippen LogP contribution in [0.15, 0.2) is 24.3 Å². The Hall–Kier alpha value is 1.10. The summed E-state index contributed by atoms with van der Waals surface area (Å²) >= 11 is 28.7. The molecule has 72 valence electrons. The highest BCUT2D eigenvalue weighted by Crippen LogP contribution is 2.49. The Labute approximate surface area is 102 Å². The highest BCUT2D eigenvalue weighted by molar-refractivity contribution is 8.09. The summed E-state index contributed by atoms with van der Waals surface area (Å²) in [6.07, 6.45) is 0. The second-order valence-corrected chi connectivity index (χ2v) is 8.02. The first kappa shape index (κ1) is 12.2. The first-order valence-electron chi connectivity index (χ1n) is 3.21. The number of rotatable bonds is 1. The molecule has 0 unspecified atom stereocenters. The van der Waals surface area contributed by atoms with Gasteiger partial charge in [-0.2, -0.15) is 0 Å². The maximum absolute atomic E-state index is 5.77. The van der Waals surface area contributed by atoms with Crippen molar-refractivity contribution in [1.82, 2.24) is 0 Å². The lowest BCUT2D eigenvalue weighted by Crippen LogP contribution is -2.12. The van der Waals surface area contributed by atoms with Gasteiger partial charge in [0.1, 0.15) is 6.63 Å². The summed E-state index contributed by atoms with van der Waals surface area (Å²) < 4.78 is -1.47. The number of hydrogen-bond donors (Lipinski definition) is 0. The molecule has 1 aromatic rings. The molecule has 0 aliphatic rings. The van der Waals surface area contributed by atoms with Crippen molar-refractivity contribution < 1.29 is 0 Å². The van der Waals surface area contributed by atoms with Crippen molar-refractivity contribution in [3.05, 3.63) is 29.8 Å². The normalized spacial score (nSPS) is 12.2. The first-order valence-corrected chi connectivity index (χ1v) is 7.49. The van der Waals surface area contributed by atoms with E-state index in [-0.39, 0.29) is 0 Å². The van der Waals surface area contributed by atoms with Gasteiger partial charge in [-0.1, -0.05) is 81.5 Å². The largest absolute Gasteiger partial charge is 0.216 e. The molecule has 0 fully saturated rings. The molecule has 6 heteroatoms. The molecule has 0 bridgehead atoms. The minimum atomic E-state index is -1.47. The Balaban J connectivity index is 3.20. The fourth-order valence-electron chi connectivity index (χ4n) is 0.861. The van der Waals surface area contributed by atoms with Crippen LogP contribution in [-0.4, -0.2) is 0 Å². The fourth-order valence-corrected chi connectivity index (χ4v) is 3.06. The van der Waals surface area contributed by atoms with E-state index in [9.17, 15) is 0 Å². The highest BCUT2D eigenvalue weighted by atomic mass is 35.9. The summed E-state index contributed by atoms with van der Waals surface area (Å²) in [5, 5.41) is 0.681. The van der Waals surface area contributed by atoms with Crippen LogP contribution in [0.2, 0.25) is 0 Å². The monoisotopic (exact) mass is 294 g/mol. The molecular weight excluding hydrogens is 292 g/mol. The van der Waals surface area contributed by atoms with Gasteiger partial charge in [-0.15, -0.1) is 0 Å². The Morgan fingerprint density at radius 1 is 1.00 bits per heavy atom. The summed E-state index contributed by atoms with van der Waals surface area (Å²) in [5.41, 5.74) is 0.538. The number of halogens is 5. The summed E-state index contributed by atoms with van der Waals surface area (Å²) in [6, 6.07) is 7.02. The molecule has 0 amide bonds. The van der Waals surface area contributed by atoms with Crippen molar-refractivity contribution >= 4 is 69.2 Å². The smallest absolute Gasteiger partial charge is 0.0784 e. The van der Waals surface area contributed by atoms with Crippen LogP contribution in [-0.2, 0) is 3.79 Å². The average molecular weight is 296 g/mol. The third-order valence-electron chi connectivity index (χ3n) is 1.39. The molecule has 0 N–H and O–H groups in total. The van der Waals surface area contributed by atoms with E-state index >= 15 is 0 Å². The summed E-state index contributed by atoms with van der Waals surface area (Å²) in [4.78, 5) is 0. The number of benzene rings is 1. The molecular formula is C7H4Cl5P. The number of hydrogen-bond acceptors (Lipinski definition) is 0. The lowest BCUT2D eigenvalue weighted by atomic mass is 10.2. The van der Waals surface area contributed by atoms with E-state index in [1.807, 2.05) is 0 Å². The average Bonchev–Trinajstić information content (AvgIpc) is 2.03.